The van der Waals surface area contributed by atoms with Gasteiger partial charge in [-0.1, -0.05) is 6.07 Å². The summed E-state index contributed by atoms with van der Waals surface area (Å²) in [6.45, 7) is 6.88. The van der Waals surface area contributed by atoms with Crippen molar-refractivity contribution >= 4 is 34.1 Å². The van der Waals surface area contributed by atoms with E-state index in [0.29, 0.717) is 35.5 Å². The van der Waals surface area contributed by atoms with E-state index in [9.17, 15) is 13.6 Å². The largest absolute Gasteiger partial charge is 0.493 e. The van der Waals surface area contributed by atoms with Crippen LogP contribution < -0.4 is 15.4 Å². The van der Waals surface area contributed by atoms with E-state index >= 15 is 0 Å². The zero-order valence-corrected chi connectivity index (χ0v) is 20.7. The molecule has 1 fully saturated rings. The fourth-order valence-corrected chi connectivity index (χ4v) is 4.48. The van der Waals surface area contributed by atoms with E-state index in [1.807, 2.05) is 18.2 Å². The number of aromatic nitrogens is 4. The highest BCUT2D eigenvalue weighted by molar-refractivity contribution is 5.93. The van der Waals surface area contributed by atoms with Crippen LogP contribution in [0.1, 0.15) is 25.0 Å². The lowest BCUT2D eigenvalue weighted by molar-refractivity contribution is -0.115. The Balaban J connectivity index is 1.17. The van der Waals surface area contributed by atoms with E-state index in [1.165, 1.54) is 24.9 Å². The topological polar surface area (TPSA) is 108 Å². The minimum absolute atomic E-state index is 0.108. The summed E-state index contributed by atoms with van der Waals surface area (Å²) in [5, 5.41) is 13.2. The smallest absolute Gasteiger partial charge is 0.230 e. The Kier molecular flexibility index (Phi) is 7.73. The second kappa shape index (κ2) is 11.5. The Bertz CT molecular complexity index is 1430. The van der Waals surface area contributed by atoms with Crippen LogP contribution in [0.2, 0.25) is 0 Å². The number of benzene rings is 2. The van der Waals surface area contributed by atoms with Crippen LogP contribution in [0.25, 0.3) is 10.9 Å². The van der Waals surface area contributed by atoms with Crippen molar-refractivity contribution in [3.8, 4) is 5.75 Å². The lowest BCUT2D eigenvalue weighted by atomic mass is 10.2. The summed E-state index contributed by atoms with van der Waals surface area (Å²) in [7, 11) is 0. The van der Waals surface area contributed by atoms with Crippen LogP contribution in [-0.4, -0.2) is 56.7 Å². The first kappa shape index (κ1) is 25.5. The van der Waals surface area contributed by atoms with E-state index in [2.05, 4.69) is 42.6 Å². The van der Waals surface area contributed by atoms with Gasteiger partial charge in [-0.3, -0.25) is 9.89 Å². The Morgan fingerprint density at radius 1 is 1.21 bits per heavy atom. The maximum atomic E-state index is 13.8. The number of rotatable bonds is 10. The molecule has 197 valence electrons. The van der Waals surface area contributed by atoms with Gasteiger partial charge in [0.25, 0.3) is 0 Å². The lowest BCUT2D eigenvalue weighted by Gasteiger charge is -2.20. The van der Waals surface area contributed by atoms with E-state index in [4.69, 9.17) is 4.74 Å². The molecule has 0 unspecified atom stereocenters. The van der Waals surface area contributed by atoms with E-state index in [1.54, 1.807) is 6.07 Å². The first-order valence-electron chi connectivity index (χ1n) is 12.5. The molecule has 0 bridgehead atoms. The Morgan fingerprint density at radius 2 is 2.11 bits per heavy atom. The number of H-pyrrole nitrogens is 1. The molecule has 1 atom stereocenters. The van der Waals surface area contributed by atoms with Gasteiger partial charge in [0.05, 0.1) is 24.2 Å². The molecule has 38 heavy (non-hydrogen) atoms. The molecule has 9 nitrogen and oxygen atoms in total. The van der Waals surface area contributed by atoms with Crippen LogP contribution in [-0.2, 0) is 11.2 Å². The molecule has 3 N–H and O–H groups in total. The van der Waals surface area contributed by atoms with Gasteiger partial charge < -0.3 is 20.3 Å². The van der Waals surface area contributed by atoms with Crippen molar-refractivity contribution < 1.29 is 18.3 Å². The molecule has 0 aliphatic carbocycles. The number of hydrogen-bond donors (Lipinski definition) is 3. The van der Waals surface area contributed by atoms with Crippen LogP contribution in [0.5, 0.6) is 5.75 Å². The van der Waals surface area contributed by atoms with Crippen molar-refractivity contribution in [1.29, 1.82) is 0 Å². The number of carbonyl (C=O) groups is 1. The number of anilines is 3. The van der Waals surface area contributed by atoms with Crippen molar-refractivity contribution in [3.63, 3.8) is 0 Å². The second-order valence-electron chi connectivity index (χ2n) is 9.17. The van der Waals surface area contributed by atoms with Crippen LogP contribution in [0.4, 0.5) is 26.1 Å². The molecular formula is C27H28F2N7O2. The standard InChI is InChI=1S/C27H28F2N7O2/c1-17-5-3-10-36(17)11-4-12-38-19-8-9-20-23(15-19)30-16-31-27(20)33-24-13-18(34-35-24)14-25(37)32-22-7-2-6-21(28)26(22)29/h2,6-9,13,15-17H,1,3-5,10-12,14H2,(H,32,37)(H2,30,31,33,34,35)/t17-/m0/s1. The number of likely N-dealkylation sites (tertiary alicyclic amines) is 1. The summed E-state index contributed by atoms with van der Waals surface area (Å²) in [5.41, 5.74) is 0.974. The van der Waals surface area contributed by atoms with Crippen molar-refractivity contribution in [2.75, 3.05) is 30.3 Å². The third kappa shape index (κ3) is 6.05. The predicted molar refractivity (Wildman–Crippen MR) is 140 cm³/mol. The Labute approximate surface area is 218 Å². The summed E-state index contributed by atoms with van der Waals surface area (Å²) in [5.74, 6) is -0.936. The molecule has 1 saturated heterocycles. The Hall–Kier alpha value is -4.12. The van der Waals surface area contributed by atoms with Crippen LogP contribution in [0.15, 0.2) is 48.8 Å². The summed E-state index contributed by atoms with van der Waals surface area (Å²) in [6.07, 6.45) is 4.64. The average molecular weight is 521 g/mol. The van der Waals surface area contributed by atoms with Crippen molar-refractivity contribution in [2.45, 2.75) is 31.7 Å². The number of carbonyl (C=O) groups excluding carboxylic acids is 1. The second-order valence-corrected chi connectivity index (χ2v) is 9.17. The molecule has 1 aliphatic heterocycles. The molecule has 0 saturated carbocycles. The van der Waals surface area contributed by atoms with Gasteiger partial charge in [-0.05, 0) is 57.0 Å². The number of ether oxygens (including phenoxy) is 1. The molecule has 3 heterocycles. The van der Waals surface area contributed by atoms with Crippen LogP contribution in [0, 0.1) is 18.6 Å². The van der Waals surface area contributed by atoms with Crippen LogP contribution in [0.3, 0.4) is 0 Å². The fraction of sp³-hybridized carbons (Fsp3) is 0.296. The maximum Gasteiger partial charge on any atom is 0.230 e. The SMILES string of the molecule is [CH2][C@H]1CCCN1CCCOc1ccc2c(Nc3cc(CC(=O)Nc4cccc(F)c4F)[nH]n3)ncnc2c1. The van der Waals surface area contributed by atoms with Gasteiger partial charge in [0.2, 0.25) is 5.91 Å². The molecular weight excluding hydrogens is 492 g/mol. The first-order valence-corrected chi connectivity index (χ1v) is 12.5. The number of nitrogens with one attached hydrogen (secondary N) is 3. The molecule has 5 rings (SSSR count). The van der Waals surface area contributed by atoms with E-state index < -0.39 is 17.5 Å². The average Bonchev–Trinajstić information content (AvgIpc) is 3.52. The van der Waals surface area contributed by atoms with E-state index in [0.717, 1.165) is 43.1 Å². The predicted octanol–water partition coefficient (Wildman–Crippen LogP) is 4.62. The molecule has 0 spiro atoms. The highest BCUT2D eigenvalue weighted by Gasteiger charge is 2.19. The van der Waals surface area contributed by atoms with Gasteiger partial charge in [0, 0.05) is 35.8 Å². The van der Waals surface area contributed by atoms with Crippen molar-refractivity contribution in [3.05, 3.63) is 73.0 Å². The van der Waals surface area contributed by atoms with Gasteiger partial charge in [-0.2, -0.15) is 5.10 Å². The number of fused-ring (bicyclic) bond motifs is 1. The number of nitrogens with zero attached hydrogens (tertiary/aromatic N) is 4. The summed E-state index contributed by atoms with van der Waals surface area (Å²) >= 11 is 0. The minimum atomic E-state index is -1.11. The van der Waals surface area contributed by atoms with Gasteiger partial charge in [-0.25, -0.2) is 18.7 Å². The molecule has 2 aromatic heterocycles. The number of halogens is 2. The fourth-order valence-electron chi connectivity index (χ4n) is 4.48. The first-order chi connectivity index (χ1) is 18.5. The summed E-state index contributed by atoms with van der Waals surface area (Å²) in [4.78, 5) is 23.4. The highest BCUT2D eigenvalue weighted by Crippen LogP contribution is 2.26. The molecule has 1 amide bonds. The lowest BCUT2D eigenvalue weighted by Crippen LogP contribution is -2.28. The molecule has 2 aromatic carbocycles. The monoisotopic (exact) mass is 520 g/mol. The molecule has 1 aliphatic rings. The van der Waals surface area contributed by atoms with Gasteiger partial charge in [0.1, 0.15) is 17.9 Å². The summed E-state index contributed by atoms with van der Waals surface area (Å²) in [6, 6.07) is 11.3. The zero-order chi connectivity index (χ0) is 26.5. The maximum absolute atomic E-state index is 13.8. The highest BCUT2D eigenvalue weighted by atomic mass is 19.2. The third-order valence-electron chi connectivity index (χ3n) is 6.42. The zero-order valence-electron chi connectivity index (χ0n) is 20.7. The molecule has 1 radical (unpaired) electrons. The number of hydrogen-bond acceptors (Lipinski definition) is 7. The Morgan fingerprint density at radius 3 is 2.95 bits per heavy atom. The third-order valence-corrected chi connectivity index (χ3v) is 6.42. The quantitative estimate of drug-likeness (QED) is 0.262. The normalized spacial score (nSPS) is 15.6. The summed E-state index contributed by atoms with van der Waals surface area (Å²) < 4.78 is 33.1. The van der Waals surface area contributed by atoms with Crippen molar-refractivity contribution in [2.24, 2.45) is 0 Å². The molecule has 11 heteroatoms. The molecule has 4 aromatic rings. The van der Waals surface area contributed by atoms with Crippen LogP contribution >= 0.6 is 0 Å². The number of amides is 1. The van der Waals surface area contributed by atoms with Gasteiger partial charge in [-0.15, -0.1) is 0 Å². The van der Waals surface area contributed by atoms with Crippen molar-refractivity contribution in [1.82, 2.24) is 25.1 Å². The minimum Gasteiger partial charge on any atom is -0.493 e. The van der Waals surface area contributed by atoms with Gasteiger partial charge in [0.15, 0.2) is 17.5 Å². The van der Waals surface area contributed by atoms with E-state index in [-0.39, 0.29) is 12.1 Å². The van der Waals surface area contributed by atoms with Gasteiger partial charge >= 0.3 is 0 Å². The number of aromatic amines is 1.